The van der Waals surface area contributed by atoms with Gasteiger partial charge in [0.2, 0.25) is 11.2 Å². The molecule has 0 aliphatic carbocycles. The minimum atomic E-state index is -0.449. The highest BCUT2D eigenvalue weighted by molar-refractivity contribution is 7.12. The van der Waals surface area contributed by atoms with Gasteiger partial charge in [-0.2, -0.15) is 4.98 Å². The molecule has 0 aromatic carbocycles. The van der Waals surface area contributed by atoms with Crippen molar-refractivity contribution in [3.05, 3.63) is 33.9 Å². The van der Waals surface area contributed by atoms with E-state index in [-0.39, 0.29) is 11.2 Å². The molecule has 2 heterocycles. The topological polar surface area (TPSA) is 61.3 Å². The summed E-state index contributed by atoms with van der Waals surface area (Å²) in [5.41, 5.74) is 0. The highest BCUT2D eigenvalue weighted by Gasteiger charge is 2.15. The van der Waals surface area contributed by atoms with Crippen LogP contribution in [-0.2, 0) is 4.74 Å². The van der Waals surface area contributed by atoms with Crippen LogP contribution < -0.4 is 4.74 Å². The molecular formula is C10H7ClN2O3S. The van der Waals surface area contributed by atoms with Crippen molar-refractivity contribution in [2.75, 3.05) is 7.11 Å². The van der Waals surface area contributed by atoms with E-state index in [0.29, 0.717) is 10.6 Å². The summed E-state index contributed by atoms with van der Waals surface area (Å²) in [5, 5.41) is 1.81. The molecule has 0 aliphatic heterocycles. The van der Waals surface area contributed by atoms with Crippen LogP contribution in [0.2, 0.25) is 5.28 Å². The lowest BCUT2D eigenvalue weighted by molar-refractivity contribution is 0.0603. The smallest absolute Gasteiger partial charge is 0.351 e. The third-order valence-electron chi connectivity index (χ3n) is 1.82. The zero-order valence-electron chi connectivity index (χ0n) is 8.71. The Bertz CT molecular complexity index is 544. The van der Waals surface area contributed by atoms with Gasteiger partial charge >= 0.3 is 5.97 Å². The van der Waals surface area contributed by atoms with Crippen molar-refractivity contribution >= 4 is 28.9 Å². The fraction of sp³-hybridized carbons (Fsp3) is 0.100. The molecule has 5 nitrogen and oxygen atoms in total. The predicted octanol–water partition coefficient (Wildman–Crippen LogP) is 2.77. The highest BCUT2D eigenvalue weighted by atomic mass is 35.5. The summed E-state index contributed by atoms with van der Waals surface area (Å²) >= 11 is 6.85. The highest BCUT2D eigenvalue weighted by Crippen LogP contribution is 2.29. The first-order valence-electron chi connectivity index (χ1n) is 4.53. The molecule has 0 unspecified atom stereocenters. The standard InChI is InChI=1S/C10H7ClN2O3S/c1-15-9(14)8-6(3-5-17-8)16-7-2-4-12-10(11)13-7/h2-5H,1H3. The van der Waals surface area contributed by atoms with E-state index in [1.54, 1.807) is 17.5 Å². The molecule has 0 N–H and O–H groups in total. The maximum Gasteiger partial charge on any atom is 0.351 e. The molecule has 7 heteroatoms. The monoisotopic (exact) mass is 270 g/mol. The number of ether oxygens (including phenoxy) is 2. The normalized spacial score (nSPS) is 10.0. The van der Waals surface area contributed by atoms with Crippen LogP contribution in [0.1, 0.15) is 9.67 Å². The number of esters is 1. The van der Waals surface area contributed by atoms with Crippen LogP contribution in [0.25, 0.3) is 0 Å². The van der Waals surface area contributed by atoms with Crippen LogP contribution in [0.15, 0.2) is 23.7 Å². The molecule has 0 saturated carbocycles. The summed E-state index contributed by atoms with van der Waals surface area (Å²) in [4.78, 5) is 19.4. The zero-order valence-corrected chi connectivity index (χ0v) is 10.3. The fourth-order valence-corrected chi connectivity index (χ4v) is 1.98. The Morgan fingerprint density at radius 3 is 3.00 bits per heavy atom. The van der Waals surface area contributed by atoms with E-state index in [1.165, 1.54) is 24.6 Å². The first-order chi connectivity index (χ1) is 8.20. The number of hydrogen-bond acceptors (Lipinski definition) is 6. The Hall–Kier alpha value is -1.66. The minimum absolute atomic E-state index is 0.0809. The molecule has 0 amide bonds. The molecule has 0 aliphatic rings. The van der Waals surface area contributed by atoms with Crippen LogP contribution in [0.4, 0.5) is 0 Å². The Balaban J connectivity index is 2.25. The summed E-state index contributed by atoms with van der Waals surface area (Å²) in [5.74, 6) is 0.209. The number of methoxy groups -OCH3 is 1. The average Bonchev–Trinajstić information content (AvgIpc) is 2.76. The number of carbonyl (C=O) groups is 1. The van der Waals surface area contributed by atoms with E-state index in [2.05, 4.69) is 14.7 Å². The minimum Gasteiger partial charge on any atom is -0.465 e. The first kappa shape index (κ1) is 11.8. The van der Waals surface area contributed by atoms with Crippen LogP contribution in [0, 0.1) is 0 Å². The molecule has 88 valence electrons. The van der Waals surface area contributed by atoms with E-state index in [9.17, 15) is 4.79 Å². The second-order valence-electron chi connectivity index (χ2n) is 2.87. The number of aromatic nitrogens is 2. The molecule has 0 fully saturated rings. The van der Waals surface area contributed by atoms with Gasteiger partial charge in [0.25, 0.3) is 0 Å². The van der Waals surface area contributed by atoms with Gasteiger partial charge in [-0.15, -0.1) is 11.3 Å². The number of rotatable bonds is 3. The number of hydrogen-bond donors (Lipinski definition) is 0. The number of halogens is 1. The Morgan fingerprint density at radius 2 is 2.29 bits per heavy atom. The van der Waals surface area contributed by atoms with E-state index < -0.39 is 5.97 Å². The van der Waals surface area contributed by atoms with Gasteiger partial charge in [-0.25, -0.2) is 9.78 Å². The lowest BCUT2D eigenvalue weighted by Gasteiger charge is -2.04. The summed E-state index contributed by atoms with van der Waals surface area (Å²) < 4.78 is 10.1. The summed E-state index contributed by atoms with van der Waals surface area (Å²) in [6.45, 7) is 0. The molecule has 0 atom stereocenters. The van der Waals surface area contributed by atoms with Gasteiger partial charge in [0.1, 0.15) is 0 Å². The quantitative estimate of drug-likeness (QED) is 0.634. The number of nitrogens with zero attached hydrogens (tertiary/aromatic N) is 2. The van der Waals surface area contributed by atoms with Crippen molar-refractivity contribution < 1.29 is 14.3 Å². The van der Waals surface area contributed by atoms with Gasteiger partial charge in [0.05, 0.1) is 7.11 Å². The third kappa shape index (κ3) is 2.72. The first-order valence-corrected chi connectivity index (χ1v) is 5.78. The van der Waals surface area contributed by atoms with Crippen molar-refractivity contribution in [3.63, 3.8) is 0 Å². The van der Waals surface area contributed by atoms with Gasteiger partial charge in [-0.05, 0) is 23.0 Å². The molecule has 17 heavy (non-hydrogen) atoms. The van der Waals surface area contributed by atoms with Crippen molar-refractivity contribution in [2.24, 2.45) is 0 Å². The molecule has 2 rings (SSSR count). The molecular weight excluding hydrogens is 264 g/mol. The van der Waals surface area contributed by atoms with Gasteiger partial charge in [-0.1, -0.05) is 0 Å². The molecule has 0 radical (unpaired) electrons. The molecule has 2 aromatic rings. The Kier molecular flexibility index (Phi) is 3.55. The molecule has 2 aromatic heterocycles. The van der Waals surface area contributed by atoms with Crippen molar-refractivity contribution in [1.29, 1.82) is 0 Å². The lowest BCUT2D eigenvalue weighted by Crippen LogP contribution is -2.00. The van der Waals surface area contributed by atoms with Crippen LogP contribution >= 0.6 is 22.9 Å². The number of thiophene rings is 1. The summed E-state index contributed by atoms with van der Waals surface area (Å²) in [7, 11) is 1.31. The largest absolute Gasteiger partial charge is 0.465 e. The van der Waals surface area contributed by atoms with E-state index in [1.807, 2.05) is 0 Å². The van der Waals surface area contributed by atoms with Crippen LogP contribution in [-0.4, -0.2) is 23.0 Å². The van der Waals surface area contributed by atoms with Gasteiger partial charge in [0, 0.05) is 12.3 Å². The van der Waals surface area contributed by atoms with Gasteiger partial charge < -0.3 is 9.47 Å². The maximum absolute atomic E-state index is 11.4. The second kappa shape index (κ2) is 5.11. The molecule has 0 spiro atoms. The summed E-state index contributed by atoms with van der Waals surface area (Å²) in [6.07, 6.45) is 1.47. The molecule has 0 saturated heterocycles. The zero-order chi connectivity index (χ0) is 12.3. The van der Waals surface area contributed by atoms with Crippen molar-refractivity contribution in [3.8, 4) is 11.6 Å². The van der Waals surface area contributed by atoms with Crippen LogP contribution in [0.5, 0.6) is 11.6 Å². The third-order valence-corrected chi connectivity index (χ3v) is 2.87. The van der Waals surface area contributed by atoms with E-state index in [4.69, 9.17) is 16.3 Å². The number of carbonyl (C=O) groups excluding carboxylic acids is 1. The van der Waals surface area contributed by atoms with E-state index in [0.717, 1.165) is 0 Å². The summed E-state index contributed by atoms with van der Waals surface area (Å²) in [6, 6.07) is 3.21. The Morgan fingerprint density at radius 1 is 1.47 bits per heavy atom. The van der Waals surface area contributed by atoms with Gasteiger partial charge in [0.15, 0.2) is 10.6 Å². The second-order valence-corrected chi connectivity index (χ2v) is 4.13. The Labute approximate surface area is 106 Å². The lowest BCUT2D eigenvalue weighted by atomic mass is 10.4. The van der Waals surface area contributed by atoms with Gasteiger partial charge in [-0.3, -0.25) is 0 Å². The predicted molar refractivity (Wildman–Crippen MR) is 62.8 cm³/mol. The van der Waals surface area contributed by atoms with E-state index >= 15 is 0 Å². The van der Waals surface area contributed by atoms with Crippen LogP contribution in [0.3, 0.4) is 0 Å². The van der Waals surface area contributed by atoms with Crippen molar-refractivity contribution in [1.82, 2.24) is 9.97 Å². The molecule has 0 bridgehead atoms. The SMILES string of the molecule is COC(=O)c1sccc1Oc1ccnc(Cl)n1. The average molecular weight is 271 g/mol. The maximum atomic E-state index is 11.4. The van der Waals surface area contributed by atoms with Crippen molar-refractivity contribution in [2.45, 2.75) is 0 Å². The fourth-order valence-electron chi connectivity index (χ4n) is 1.11.